The van der Waals surface area contributed by atoms with Crippen molar-refractivity contribution in [1.29, 1.82) is 0 Å². The van der Waals surface area contributed by atoms with Crippen molar-refractivity contribution < 1.29 is 14.3 Å². The molecule has 88 valence electrons. The van der Waals surface area contributed by atoms with Crippen LogP contribution in [0.4, 0.5) is 11.7 Å². The van der Waals surface area contributed by atoms with E-state index in [1.165, 1.54) is 5.56 Å². The highest BCUT2D eigenvalue weighted by molar-refractivity contribution is 5.85. The minimum atomic E-state index is -1.11. The van der Waals surface area contributed by atoms with Crippen molar-refractivity contribution in [1.82, 2.24) is 4.98 Å². The van der Waals surface area contributed by atoms with E-state index in [1.54, 1.807) is 0 Å². The summed E-state index contributed by atoms with van der Waals surface area (Å²) in [6, 6.07) is 5.97. The van der Waals surface area contributed by atoms with Crippen molar-refractivity contribution >= 4 is 17.7 Å². The van der Waals surface area contributed by atoms with Crippen LogP contribution in [0.2, 0.25) is 0 Å². The SMILES string of the molecule is Cc1ccc(Nc2nc(C(=O)O)co2)cc1C. The number of benzene rings is 1. The molecule has 0 saturated carbocycles. The highest BCUT2D eigenvalue weighted by Gasteiger charge is 2.10. The molecule has 0 fully saturated rings. The number of nitrogens with one attached hydrogen (secondary N) is 1. The number of anilines is 2. The molecule has 0 spiro atoms. The Morgan fingerprint density at radius 2 is 2.12 bits per heavy atom. The number of carboxylic acids is 1. The summed E-state index contributed by atoms with van der Waals surface area (Å²) in [5, 5.41) is 11.6. The van der Waals surface area contributed by atoms with E-state index in [4.69, 9.17) is 9.52 Å². The molecule has 0 atom stereocenters. The van der Waals surface area contributed by atoms with Crippen molar-refractivity contribution in [2.45, 2.75) is 13.8 Å². The van der Waals surface area contributed by atoms with Crippen LogP contribution in [0, 0.1) is 13.8 Å². The monoisotopic (exact) mass is 232 g/mol. The van der Waals surface area contributed by atoms with Crippen LogP contribution < -0.4 is 5.32 Å². The lowest BCUT2D eigenvalue weighted by atomic mass is 10.1. The smallest absolute Gasteiger partial charge is 0.357 e. The number of hydrogen-bond donors (Lipinski definition) is 2. The van der Waals surface area contributed by atoms with Crippen molar-refractivity contribution in [2.24, 2.45) is 0 Å². The standard InChI is InChI=1S/C12H12N2O3/c1-7-3-4-9(5-8(7)2)13-12-14-10(6-17-12)11(15)16/h3-6H,1-2H3,(H,13,14)(H,15,16). The Bertz CT molecular complexity index is 561. The molecular weight excluding hydrogens is 220 g/mol. The van der Waals surface area contributed by atoms with Gasteiger partial charge in [0.2, 0.25) is 0 Å². The van der Waals surface area contributed by atoms with E-state index in [2.05, 4.69) is 10.3 Å². The first kappa shape index (κ1) is 11.2. The van der Waals surface area contributed by atoms with Crippen molar-refractivity contribution in [3.63, 3.8) is 0 Å². The second-order valence-corrected chi connectivity index (χ2v) is 3.77. The van der Waals surface area contributed by atoms with E-state index >= 15 is 0 Å². The Hall–Kier alpha value is -2.30. The Kier molecular flexibility index (Phi) is 2.82. The highest BCUT2D eigenvalue weighted by atomic mass is 16.4. The van der Waals surface area contributed by atoms with Gasteiger partial charge in [0.15, 0.2) is 5.69 Å². The third kappa shape index (κ3) is 2.44. The zero-order valence-corrected chi connectivity index (χ0v) is 9.52. The van der Waals surface area contributed by atoms with Crippen molar-refractivity contribution in [3.8, 4) is 0 Å². The third-order valence-corrected chi connectivity index (χ3v) is 2.48. The molecule has 2 rings (SSSR count). The van der Waals surface area contributed by atoms with E-state index in [-0.39, 0.29) is 11.7 Å². The number of hydrogen-bond acceptors (Lipinski definition) is 4. The van der Waals surface area contributed by atoms with Gasteiger partial charge >= 0.3 is 5.97 Å². The molecule has 0 saturated heterocycles. The summed E-state index contributed by atoms with van der Waals surface area (Å²) in [6.45, 7) is 4.02. The van der Waals surface area contributed by atoms with E-state index in [0.717, 1.165) is 17.5 Å². The van der Waals surface area contributed by atoms with Gasteiger partial charge in [-0.3, -0.25) is 0 Å². The summed E-state index contributed by atoms with van der Waals surface area (Å²) in [5.41, 5.74) is 3.03. The van der Waals surface area contributed by atoms with Gasteiger partial charge in [0.1, 0.15) is 6.26 Å². The average Bonchev–Trinajstić information content (AvgIpc) is 2.72. The first-order valence-electron chi connectivity index (χ1n) is 5.09. The van der Waals surface area contributed by atoms with Crippen LogP contribution in [0.15, 0.2) is 28.9 Å². The van der Waals surface area contributed by atoms with Crippen LogP contribution in [-0.4, -0.2) is 16.1 Å². The fourth-order valence-corrected chi connectivity index (χ4v) is 1.37. The number of carboxylic acid groups (broad SMARTS) is 1. The fourth-order valence-electron chi connectivity index (χ4n) is 1.37. The van der Waals surface area contributed by atoms with Gasteiger partial charge in [-0.1, -0.05) is 6.07 Å². The summed E-state index contributed by atoms with van der Waals surface area (Å²) >= 11 is 0. The lowest BCUT2D eigenvalue weighted by Crippen LogP contribution is -1.97. The zero-order valence-electron chi connectivity index (χ0n) is 9.52. The minimum absolute atomic E-state index is 0.115. The van der Waals surface area contributed by atoms with E-state index < -0.39 is 5.97 Å². The largest absolute Gasteiger partial charge is 0.476 e. The van der Waals surface area contributed by atoms with Gasteiger partial charge in [0.05, 0.1) is 0 Å². The summed E-state index contributed by atoms with van der Waals surface area (Å²) in [5.74, 6) is -1.11. The van der Waals surface area contributed by atoms with E-state index in [1.807, 2.05) is 32.0 Å². The van der Waals surface area contributed by atoms with Gasteiger partial charge in [-0.25, -0.2) is 4.79 Å². The molecule has 5 nitrogen and oxygen atoms in total. The lowest BCUT2D eigenvalue weighted by molar-refractivity contribution is 0.0690. The van der Waals surface area contributed by atoms with Crippen LogP contribution in [0.3, 0.4) is 0 Å². The molecule has 2 aromatic rings. The molecule has 2 N–H and O–H groups in total. The number of aromatic nitrogens is 1. The molecule has 1 aromatic heterocycles. The lowest BCUT2D eigenvalue weighted by Gasteiger charge is -2.04. The molecule has 0 unspecified atom stereocenters. The number of aromatic carboxylic acids is 1. The Morgan fingerprint density at radius 3 is 2.71 bits per heavy atom. The molecule has 17 heavy (non-hydrogen) atoms. The number of carbonyl (C=O) groups is 1. The average molecular weight is 232 g/mol. The Balaban J connectivity index is 2.19. The quantitative estimate of drug-likeness (QED) is 0.850. The summed E-state index contributed by atoms with van der Waals surface area (Å²) in [6.07, 6.45) is 1.10. The zero-order chi connectivity index (χ0) is 12.4. The molecule has 0 bridgehead atoms. The fraction of sp³-hybridized carbons (Fsp3) is 0.167. The molecule has 0 radical (unpaired) electrons. The van der Waals surface area contributed by atoms with Gasteiger partial charge in [-0.2, -0.15) is 4.98 Å². The van der Waals surface area contributed by atoms with Crippen LogP contribution in [0.1, 0.15) is 21.6 Å². The molecule has 0 amide bonds. The second kappa shape index (κ2) is 4.29. The molecule has 0 aliphatic heterocycles. The van der Waals surface area contributed by atoms with Crippen LogP contribution >= 0.6 is 0 Å². The molecular formula is C12H12N2O3. The number of oxazole rings is 1. The Morgan fingerprint density at radius 1 is 1.35 bits per heavy atom. The molecule has 0 aliphatic rings. The maximum Gasteiger partial charge on any atom is 0.357 e. The second-order valence-electron chi connectivity index (χ2n) is 3.77. The third-order valence-electron chi connectivity index (χ3n) is 2.48. The molecule has 1 heterocycles. The normalized spacial score (nSPS) is 10.2. The Labute approximate surface area is 98.1 Å². The highest BCUT2D eigenvalue weighted by Crippen LogP contribution is 2.19. The van der Waals surface area contributed by atoms with Gasteiger partial charge in [-0.05, 0) is 37.1 Å². The van der Waals surface area contributed by atoms with Crippen LogP contribution in [-0.2, 0) is 0 Å². The first-order chi connectivity index (χ1) is 8.06. The van der Waals surface area contributed by atoms with Gasteiger partial charge < -0.3 is 14.8 Å². The summed E-state index contributed by atoms with van der Waals surface area (Å²) < 4.78 is 5.00. The van der Waals surface area contributed by atoms with Gasteiger partial charge in [0.25, 0.3) is 6.01 Å². The summed E-state index contributed by atoms with van der Waals surface area (Å²) in [4.78, 5) is 14.4. The molecule has 5 heteroatoms. The van der Waals surface area contributed by atoms with Gasteiger partial charge in [-0.15, -0.1) is 0 Å². The topological polar surface area (TPSA) is 75.4 Å². The van der Waals surface area contributed by atoms with Gasteiger partial charge in [0, 0.05) is 5.69 Å². The number of nitrogens with zero attached hydrogens (tertiary/aromatic N) is 1. The van der Waals surface area contributed by atoms with Crippen LogP contribution in [0.5, 0.6) is 0 Å². The molecule has 0 aliphatic carbocycles. The molecule has 1 aromatic carbocycles. The predicted octanol–water partition coefficient (Wildman–Crippen LogP) is 2.73. The minimum Gasteiger partial charge on any atom is -0.476 e. The summed E-state index contributed by atoms with van der Waals surface area (Å²) in [7, 11) is 0. The van der Waals surface area contributed by atoms with Crippen LogP contribution in [0.25, 0.3) is 0 Å². The van der Waals surface area contributed by atoms with Crippen molar-refractivity contribution in [3.05, 3.63) is 41.3 Å². The first-order valence-corrected chi connectivity index (χ1v) is 5.09. The van der Waals surface area contributed by atoms with Crippen molar-refractivity contribution in [2.75, 3.05) is 5.32 Å². The van der Waals surface area contributed by atoms with E-state index in [0.29, 0.717) is 0 Å². The maximum atomic E-state index is 10.6. The number of aryl methyl sites for hydroxylation is 2. The predicted molar refractivity (Wildman–Crippen MR) is 62.7 cm³/mol. The number of rotatable bonds is 3. The van der Waals surface area contributed by atoms with E-state index in [9.17, 15) is 4.79 Å². The maximum absolute atomic E-state index is 10.6.